The van der Waals surface area contributed by atoms with Crippen LogP contribution in [0.25, 0.3) is 0 Å². The molecule has 0 fully saturated rings. The van der Waals surface area contributed by atoms with E-state index >= 15 is 0 Å². The lowest BCUT2D eigenvalue weighted by molar-refractivity contribution is 0.0318. The van der Waals surface area contributed by atoms with Crippen LogP contribution >= 0.6 is 0 Å². The molecule has 0 spiro atoms. The van der Waals surface area contributed by atoms with Gasteiger partial charge in [0.05, 0.1) is 12.2 Å². The fourth-order valence-electron chi connectivity index (χ4n) is 2.57. The predicted molar refractivity (Wildman–Crippen MR) is 94.3 cm³/mol. The molecular weight excluding hydrogens is 336 g/mol. The van der Waals surface area contributed by atoms with Gasteiger partial charge in [0.15, 0.2) is 17.6 Å². The zero-order chi connectivity index (χ0) is 18.5. The Balaban J connectivity index is 1.65. The van der Waals surface area contributed by atoms with Crippen molar-refractivity contribution in [3.8, 4) is 17.2 Å². The maximum Gasteiger partial charge on any atom is 0.338 e. The lowest BCUT2D eigenvalue weighted by atomic mass is 10.1. The molecule has 136 valence electrons. The number of hydrogen-bond donors (Lipinski definition) is 0. The van der Waals surface area contributed by atoms with E-state index in [4.69, 9.17) is 18.9 Å². The summed E-state index contributed by atoms with van der Waals surface area (Å²) in [6, 6.07) is 11.5. The number of carbonyl (C=O) groups excluding carboxylic acids is 2. The number of Topliss-reactive ketones (excluding diaryl/α,β-unsaturated/α-hetero) is 1. The quantitative estimate of drug-likeness (QED) is 0.584. The highest BCUT2D eigenvalue weighted by Gasteiger charge is 2.22. The van der Waals surface area contributed by atoms with Crippen LogP contribution < -0.4 is 14.2 Å². The Morgan fingerprint density at radius 1 is 1.00 bits per heavy atom. The van der Waals surface area contributed by atoms with Gasteiger partial charge in [-0.25, -0.2) is 4.79 Å². The number of hydrogen-bond acceptors (Lipinski definition) is 6. The van der Waals surface area contributed by atoms with Crippen LogP contribution in [-0.2, 0) is 4.74 Å². The minimum Gasteiger partial charge on any atom is -0.494 e. The van der Waals surface area contributed by atoms with Gasteiger partial charge in [-0.3, -0.25) is 4.79 Å². The van der Waals surface area contributed by atoms with Crippen LogP contribution in [0.1, 0.15) is 34.6 Å². The second-order valence-electron chi connectivity index (χ2n) is 5.73. The summed E-state index contributed by atoms with van der Waals surface area (Å²) >= 11 is 0. The molecule has 0 bridgehead atoms. The summed E-state index contributed by atoms with van der Waals surface area (Å²) in [4.78, 5) is 24.8. The van der Waals surface area contributed by atoms with Gasteiger partial charge in [0, 0.05) is 5.56 Å². The van der Waals surface area contributed by atoms with Crippen molar-refractivity contribution in [2.24, 2.45) is 0 Å². The molecule has 0 unspecified atom stereocenters. The smallest absolute Gasteiger partial charge is 0.338 e. The van der Waals surface area contributed by atoms with Crippen molar-refractivity contribution in [2.45, 2.75) is 20.0 Å². The lowest BCUT2D eigenvalue weighted by Crippen LogP contribution is -2.24. The van der Waals surface area contributed by atoms with Crippen LogP contribution in [-0.4, -0.2) is 37.7 Å². The number of ketones is 1. The van der Waals surface area contributed by atoms with E-state index in [0.29, 0.717) is 48.2 Å². The molecule has 26 heavy (non-hydrogen) atoms. The first-order chi connectivity index (χ1) is 12.6. The number of benzene rings is 2. The zero-order valence-corrected chi connectivity index (χ0v) is 14.7. The molecule has 0 aromatic heterocycles. The van der Waals surface area contributed by atoms with E-state index in [2.05, 4.69) is 0 Å². The van der Waals surface area contributed by atoms with Gasteiger partial charge in [-0.2, -0.15) is 0 Å². The Hall–Kier alpha value is -3.02. The second kappa shape index (κ2) is 7.91. The molecule has 0 aliphatic carbocycles. The number of rotatable bonds is 6. The molecule has 0 N–H and O–H groups in total. The van der Waals surface area contributed by atoms with E-state index in [-0.39, 0.29) is 5.78 Å². The largest absolute Gasteiger partial charge is 0.494 e. The monoisotopic (exact) mass is 356 g/mol. The normalized spacial score (nSPS) is 13.6. The Labute approximate surface area is 151 Å². The first-order valence-electron chi connectivity index (χ1n) is 8.46. The average Bonchev–Trinajstić information content (AvgIpc) is 2.67. The van der Waals surface area contributed by atoms with E-state index in [1.165, 1.54) is 0 Å². The fourth-order valence-corrected chi connectivity index (χ4v) is 2.57. The Kier molecular flexibility index (Phi) is 5.41. The molecule has 6 nitrogen and oxygen atoms in total. The topological polar surface area (TPSA) is 71.1 Å². The third-order valence-corrected chi connectivity index (χ3v) is 3.88. The highest BCUT2D eigenvalue weighted by Crippen LogP contribution is 2.31. The zero-order valence-electron chi connectivity index (χ0n) is 14.7. The molecule has 3 rings (SSSR count). The summed E-state index contributed by atoms with van der Waals surface area (Å²) in [6.45, 7) is 4.90. The Morgan fingerprint density at radius 2 is 1.65 bits per heavy atom. The van der Waals surface area contributed by atoms with Gasteiger partial charge in [0.1, 0.15) is 19.0 Å². The van der Waals surface area contributed by atoms with Crippen molar-refractivity contribution in [3.05, 3.63) is 53.6 Å². The molecule has 2 aromatic carbocycles. The van der Waals surface area contributed by atoms with Crippen molar-refractivity contribution in [2.75, 3.05) is 19.8 Å². The molecule has 2 aromatic rings. The van der Waals surface area contributed by atoms with Gasteiger partial charge in [-0.05, 0) is 56.3 Å². The third kappa shape index (κ3) is 3.96. The summed E-state index contributed by atoms with van der Waals surface area (Å²) in [6.07, 6.45) is -0.909. The Morgan fingerprint density at radius 3 is 2.35 bits per heavy atom. The minimum atomic E-state index is -0.909. The summed E-state index contributed by atoms with van der Waals surface area (Å²) in [5, 5.41) is 0. The van der Waals surface area contributed by atoms with E-state index in [0.717, 1.165) is 0 Å². The van der Waals surface area contributed by atoms with Crippen molar-refractivity contribution in [1.29, 1.82) is 0 Å². The molecular formula is C20H20O6. The van der Waals surface area contributed by atoms with Crippen LogP contribution in [0.4, 0.5) is 0 Å². The Bertz CT molecular complexity index is 796. The van der Waals surface area contributed by atoms with Gasteiger partial charge < -0.3 is 18.9 Å². The first-order valence-corrected chi connectivity index (χ1v) is 8.46. The fraction of sp³-hybridized carbons (Fsp3) is 0.300. The minimum absolute atomic E-state index is 0.279. The average molecular weight is 356 g/mol. The second-order valence-corrected chi connectivity index (χ2v) is 5.73. The maximum atomic E-state index is 12.5. The SMILES string of the molecule is CCOc1ccc(C(=O)[C@H](C)OC(=O)c2ccc3c(c2)OCCO3)cc1. The van der Waals surface area contributed by atoms with E-state index in [1.54, 1.807) is 49.4 Å². The molecule has 1 aliphatic heterocycles. The number of carbonyl (C=O) groups is 2. The van der Waals surface area contributed by atoms with Gasteiger partial charge in [-0.15, -0.1) is 0 Å². The van der Waals surface area contributed by atoms with Gasteiger partial charge in [0.25, 0.3) is 0 Å². The highest BCUT2D eigenvalue weighted by molar-refractivity contribution is 6.01. The van der Waals surface area contributed by atoms with Crippen LogP contribution in [0.15, 0.2) is 42.5 Å². The number of esters is 1. The number of ether oxygens (including phenoxy) is 4. The molecule has 0 saturated carbocycles. The third-order valence-electron chi connectivity index (χ3n) is 3.88. The first kappa shape index (κ1) is 17.8. The standard InChI is InChI=1S/C20H20O6/c1-3-23-16-7-4-14(5-8-16)19(21)13(2)26-20(22)15-6-9-17-18(12-15)25-11-10-24-17/h4-9,12-13H,3,10-11H2,1-2H3/t13-/m0/s1. The predicted octanol–water partition coefficient (Wildman–Crippen LogP) is 3.28. The lowest BCUT2D eigenvalue weighted by Gasteiger charge is -2.19. The summed E-state index contributed by atoms with van der Waals surface area (Å²) in [7, 11) is 0. The number of fused-ring (bicyclic) bond motifs is 1. The molecule has 0 radical (unpaired) electrons. The summed E-state index contributed by atoms with van der Waals surface area (Å²) in [5.74, 6) is 0.903. The van der Waals surface area contributed by atoms with E-state index < -0.39 is 12.1 Å². The van der Waals surface area contributed by atoms with Crippen LogP contribution in [0, 0.1) is 0 Å². The van der Waals surface area contributed by atoms with E-state index in [1.807, 2.05) is 6.92 Å². The van der Waals surface area contributed by atoms with Crippen molar-refractivity contribution >= 4 is 11.8 Å². The van der Waals surface area contributed by atoms with Crippen molar-refractivity contribution < 1.29 is 28.5 Å². The molecule has 1 atom stereocenters. The highest BCUT2D eigenvalue weighted by atomic mass is 16.6. The summed E-state index contributed by atoms with van der Waals surface area (Å²) < 4.78 is 21.5. The van der Waals surface area contributed by atoms with Gasteiger partial charge >= 0.3 is 5.97 Å². The van der Waals surface area contributed by atoms with E-state index in [9.17, 15) is 9.59 Å². The van der Waals surface area contributed by atoms with Crippen LogP contribution in [0.3, 0.4) is 0 Å². The molecule has 0 saturated heterocycles. The summed E-state index contributed by atoms with van der Waals surface area (Å²) in [5.41, 5.74) is 0.761. The molecule has 6 heteroatoms. The molecule has 0 amide bonds. The van der Waals surface area contributed by atoms with Crippen molar-refractivity contribution in [1.82, 2.24) is 0 Å². The van der Waals surface area contributed by atoms with Crippen molar-refractivity contribution in [3.63, 3.8) is 0 Å². The van der Waals surface area contributed by atoms with Crippen LogP contribution in [0.5, 0.6) is 17.2 Å². The maximum absolute atomic E-state index is 12.5. The van der Waals surface area contributed by atoms with Gasteiger partial charge in [0.2, 0.25) is 5.78 Å². The molecule has 1 heterocycles. The molecule has 1 aliphatic rings. The van der Waals surface area contributed by atoms with Gasteiger partial charge in [-0.1, -0.05) is 0 Å². The van der Waals surface area contributed by atoms with Crippen LogP contribution in [0.2, 0.25) is 0 Å².